The van der Waals surface area contributed by atoms with Crippen LogP contribution >= 0.6 is 0 Å². The number of amides is 2. The van der Waals surface area contributed by atoms with Gasteiger partial charge in [0.2, 0.25) is 0 Å². The number of rotatable bonds is 2. The summed E-state index contributed by atoms with van der Waals surface area (Å²) in [7, 11) is 0. The number of urea groups is 1. The highest BCUT2D eigenvalue weighted by Crippen LogP contribution is 2.12. The van der Waals surface area contributed by atoms with Crippen LogP contribution in [0.4, 0.5) is 16.3 Å². The number of hydrogen-bond acceptors (Lipinski definition) is 2. The number of benzene rings is 1. The summed E-state index contributed by atoms with van der Waals surface area (Å²) >= 11 is 0. The minimum absolute atomic E-state index is 0.289. The zero-order valence-corrected chi connectivity index (χ0v) is 9.74. The molecule has 0 unspecified atom stereocenters. The monoisotopic (exact) mass is 230 g/mol. The van der Waals surface area contributed by atoms with Crippen molar-refractivity contribution in [2.45, 2.75) is 13.8 Å². The van der Waals surface area contributed by atoms with Crippen molar-refractivity contribution in [3.8, 4) is 0 Å². The SMILES string of the molecule is Cc1cccc(NC(=O)Nc2[nH]ncc2C)c1. The summed E-state index contributed by atoms with van der Waals surface area (Å²) in [6.45, 7) is 3.84. The lowest BCUT2D eigenvalue weighted by Crippen LogP contribution is -2.20. The highest BCUT2D eigenvalue weighted by atomic mass is 16.2. The lowest BCUT2D eigenvalue weighted by molar-refractivity contribution is 0.262. The summed E-state index contributed by atoms with van der Waals surface area (Å²) in [5.41, 5.74) is 2.75. The fourth-order valence-corrected chi connectivity index (χ4v) is 1.47. The summed E-state index contributed by atoms with van der Waals surface area (Å²) in [5.74, 6) is 0.607. The van der Waals surface area contributed by atoms with E-state index in [9.17, 15) is 4.79 Å². The Morgan fingerprint density at radius 3 is 2.76 bits per heavy atom. The third-order valence-corrected chi connectivity index (χ3v) is 2.34. The third-order valence-electron chi connectivity index (χ3n) is 2.34. The molecule has 5 heteroatoms. The van der Waals surface area contributed by atoms with Gasteiger partial charge >= 0.3 is 6.03 Å². The number of hydrogen-bond donors (Lipinski definition) is 3. The van der Waals surface area contributed by atoms with E-state index in [1.807, 2.05) is 38.1 Å². The fourth-order valence-electron chi connectivity index (χ4n) is 1.47. The quantitative estimate of drug-likeness (QED) is 0.742. The molecule has 2 rings (SSSR count). The number of nitrogens with zero attached hydrogens (tertiary/aromatic N) is 1. The Balaban J connectivity index is 2.01. The number of aromatic nitrogens is 2. The molecule has 5 nitrogen and oxygen atoms in total. The topological polar surface area (TPSA) is 69.8 Å². The van der Waals surface area contributed by atoms with Crippen molar-refractivity contribution in [1.82, 2.24) is 10.2 Å². The average Bonchev–Trinajstić information content (AvgIpc) is 2.64. The molecule has 1 heterocycles. The van der Waals surface area contributed by atoms with E-state index in [2.05, 4.69) is 20.8 Å². The first-order chi connectivity index (χ1) is 8.15. The van der Waals surface area contributed by atoms with Gasteiger partial charge in [0.05, 0.1) is 6.20 Å². The molecule has 2 amide bonds. The van der Waals surface area contributed by atoms with Crippen LogP contribution in [-0.4, -0.2) is 16.2 Å². The maximum absolute atomic E-state index is 11.7. The van der Waals surface area contributed by atoms with Crippen molar-refractivity contribution in [2.75, 3.05) is 10.6 Å². The predicted molar refractivity (Wildman–Crippen MR) is 67.1 cm³/mol. The van der Waals surface area contributed by atoms with E-state index < -0.39 is 0 Å². The second-order valence-electron chi connectivity index (χ2n) is 3.88. The molecule has 2 aromatic rings. The summed E-state index contributed by atoms with van der Waals surface area (Å²) in [6.07, 6.45) is 1.66. The molecule has 0 fully saturated rings. The standard InChI is InChI=1S/C12H14N4O/c1-8-4-3-5-10(6-8)14-12(17)15-11-9(2)7-13-16-11/h3-7H,1-2H3,(H3,13,14,15,16,17). The van der Waals surface area contributed by atoms with Crippen LogP contribution in [0, 0.1) is 13.8 Å². The van der Waals surface area contributed by atoms with Crippen molar-refractivity contribution < 1.29 is 4.79 Å². The van der Waals surface area contributed by atoms with Crippen LogP contribution in [-0.2, 0) is 0 Å². The Hall–Kier alpha value is -2.30. The molecular weight excluding hydrogens is 216 g/mol. The lowest BCUT2D eigenvalue weighted by atomic mass is 10.2. The Labute approximate surface area is 99.2 Å². The number of H-pyrrole nitrogens is 1. The highest BCUT2D eigenvalue weighted by Gasteiger charge is 2.05. The molecule has 88 valence electrons. The first-order valence-electron chi connectivity index (χ1n) is 5.30. The normalized spacial score (nSPS) is 10.0. The second-order valence-corrected chi connectivity index (χ2v) is 3.88. The predicted octanol–water partition coefficient (Wildman–Crippen LogP) is 2.67. The molecule has 0 saturated heterocycles. The number of carbonyl (C=O) groups is 1. The van der Waals surface area contributed by atoms with Gasteiger partial charge in [0, 0.05) is 11.3 Å². The van der Waals surface area contributed by atoms with E-state index in [-0.39, 0.29) is 6.03 Å². The van der Waals surface area contributed by atoms with Gasteiger partial charge in [0.15, 0.2) is 0 Å². The van der Waals surface area contributed by atoms with Crippen LogP contribution in [0.3, 0.4) is 0 Å². The average molecular weight is 230 g/mol. The van der Waals surface area contributed by atoms with E-state index in [0.29, 0.717) is 5.82 Å². The summed E-state index contributed by atoms with van der Waals surface area (Å²) in [4.78, 5) is 11.7. The molecule has 0 aliphatic carbocycles. The van der Waals surface area contributed by atoms with Crippen LogP contribution in [0.25, 0.3) is 0 Å². The first-order valence-corrected chi connectivity index (χ1v) is 5.30. The number of carbonyl (C=O) groups excluding carboxylic acids is 1. The Bertz CT molecular complexity index is 533. The van der Waals surface area contributed by atoms with Gasteiger partial charge in [-0.1, -0.05) is 12.1 Å². The molecule has 0 bridgehead atoms. The molecular formula is C12H14N4O. The van der Waals surface area contributed by atoms with Gasteiger partial charge in [-0.2, -0.15) is 5.10 Å². The summed E-state index contributed by atoms with van der Waals surface area (Å²) in [6, 6.07) is 7.32. The molecule has 0 saturated carbocycles. The molecule has 1 aromatic heterocycles. The van der Waals surface area contributed by atoms with Crippen molar-refractivity contribution in [1.29, 1.82) is 0 Å². The molecule has 0 spiro atoms. The van der Waals surface area contributed by atoms with Gasteiger partial charge in [-0.3, -0.25) is 10.4 Å². The largest absolute Gasteiger partial charge is 0.324 e. The van der Waals surface area contributed by atoms with Crippen LogP contribution in [0.2, 0.25) is 0 Å². The minimum Gasteiger partial charge on any atom is -0.308 e. The van der Waals surface area contributed by atoms with Crippen molar-refractivity contribution in [3.05, 3.63) is 41.6 Å². The Morgan fingerprint density at radius 1 is 1.29 bits per heavy atom. The maximum Gasteiger partial charge on any atom is 0.324 e. The third kappa shape index (κ3) is 2.84. The highest BCUT2D eigenvalue weighted by molar-refractivity contribution is 5.99. The molecule has 0 aliphatic rings. The van der Waals surface area contributed by atoms with Crippen LogP contribution < -0.4 is 10.6 Å². The molecule has 17 heavy (non-hydrogen) atoms. The first kappa shape index (κ1) is 11.2. The number of nitrogens with one attached hydrogen (secondary N) is 3. The zero-order valence-electron chi connectivity index (χ0n) is 9.74. The number of aryl methyl sites for hydroxylation is 2. The van der Waals surface area contributed by atoms with E-state index >= 15 is 0 Å². The van der Waals surface area contributed by atoms with Gasteiger partial charge in [-0.15, -0.1) is 0 Å². The molecule has 1 aromatic carbocycles. The van der Waals surface area contributed by atoms with Crippen molar-refractivity contribution in [3.63, 3.8) is 0 Å². The van der Waals surface area contributed by atoms with Gasteiger partial charge < -0.3 is 5.32 Å². The molecule has 3 N–H and O–H groups in total. The maximum atomic E-state index is 11.7. The smallest absolute Gasteiger partial charge is 0.308 e. The molecule has 0 atom stereocenters. The lowest BCUT2D eigenvalue weighted by Gasteiger charge is -2.07. The van der Waals surface area contributed by atoms with Crippen LogP contribution in [0.15, 0.2) is 30.5 Å². The van der Waals surface area contributed by atoms with Gasteiger partial charge in [0.25, 0.3) is 0 Å². The summed E-state index contributed by atoms with van der Waals surface area (Å²) < 4.78 is 0. The molecule has 0 aliphatic heterocycles. The van der Waals surface area contributed by atoms with Crippen molar-refractivity contribution >= 4 is 17.5 Å². The zero-order chi connectivity index (χ0) is 12.3. The molecule has 0 radical (unpaired) electrons. The van der Waals surface area contributed by atoms with E-state index in [0.717, 1.165) is 16.8 Å². The van der Waals surface area contributed by atoms with Gasteiger partial charge in [-0.25, -0.2) is 4.79 Å². The second kappa shape index (κ2) is 4.69. The number of anilines is 2. The van der Waals surface area contributed by atoms with Crippen molar-refractivity contribution in [2.24, 2.45) is 0 Å². The Morgan fingerprint density at radius 2 is 2.12 bits per heavy atom. The van der Waals surface area contributed by atoms with E-state index in [4.69, 9.17) is 0 Å². The van der Waals surface area contributed by atoms with Gasteiger partial charge in [-0.05, 0) is 31.5 Å². The summed E-state index contributed by atoms with van der Waals surface area (Å²) in [5, 5.41) is 12.0. The van der Waals surface area contributed by atoms with Crippen LogP contribution in [0.1, 0.15) is 11.1 Å². The van der Waals surface area contributed by atoms with E-state index in [1.54, 1.807) is 6.20 Å². The minimum atomic E-state index is -0.289. The van der Waals surface area contributed by atoms with Gasteiger partial charge in [0.1, 0.15) is 5.82 Å². The van der Waals surface area contributed by atoms with Crippen LogP contribution in [0.5, 0.6) is 0 Å². The van der Waals surface area contributed by atoms with E-state index in [1.165, 1.54) is 0 Å². The number of aromatic amines is 1. The Kier molecular flexibility index (Phi) is 3.09. The fraction of sp³-hybridized carbons (Fsp3) is 0.167.